The van der Waals surface area contributed by atoms with E-state index in [9.17, 15) is 8.78 Å². The van der Waals surface area contributed by atoms with Crippen LogP contribution in [-0.2, 0) is 0 Å². The molecule has 1 saturated carbocycles. The number of nitrogens with zero attached hydrogens (tertiary/aromatic N) is 1. The van der Waals surface area contributed by atoms with Crippen molar-refractivity contribution in [3.05, 3.63) is 29.3 Å². The van der Waals surface area contributed by atoms with Crippen LogP contribution in [0.1, 0.15) is 44.1 Å². The molecule has 0 atom stereocenters. The molecule has 1 heterocycles. The van der Waals surface area contributed by atoms with Gasteiger partial charge in [0.2, 0.25) is 0 Å². The molecule has 1 aromatic rings. The Balaban J connectivity index is 1.92. The predicted octanol–water partition coefficient (Wildman–Crippen LogP) is 3.78. The van der Waals surface area contributed by atoms with Gasteiger partial charge in [0.05, 0.1) is 0 Å². The van der Waals surface area contributed by atoms with Crippen molar-refractivity contribution in [3.8, 4) is 0 Å². The zero-order chi connectivity index (χ0) is 14.9. The van der Waals surface area contributed by atoms with Crippen LogP contribution in [0, 0.1) is 18.6 Å². The molecule has 0 bridgehead atoms. The molecule has 1 aromatic carbocycles. The average Bonchev–Trinajstić information content (AvgIpc) is 2.67. The van der Waals surface area contributed by atoms with Gasteiger partial charge >= 0.3 is 0 Å². The van der Waals surface area contributed by atoms with E-state index >= 15 is 0 Å². The van der Waals surface area contributed by atoms with E-state index in [0.717, 1.165) is 25.8 Å². The molecule has 2 nitrogen and oxygen atoms in total. The number of halogens is 2. The van der Waals surface area contributed by atoms with Crippen LogP contribution in [0.15, 0.2) is 12.1 Å². The van der Waals surface area contributed by atoms with E-state index in [1.54, 1.807) is 6.92 Å². The quantitative estimate of drug-likeness (QED) is 0.848. The Hall–Kier alpha value is -1.16. The van der Waals surface area contributed by atoms with Crippen molar-refractivity contribution in [3.63, 3.8) is 0 Å². The van der Waals surface area contributed by atoms with E-state index in [4.69, 9.17) is 0 Å². The van der Waals surface area contributed by atoms with Crippen molar-refractivity contribution in [2.24, 2.45) is 0 Å². The van der Waals surface area contributed by atoms with E-state index in [1.165, 1.54) is 31.4 Å². The summed E-state index contributed by atoms with van der Waals surface area (Å²) < 4.78 is 28.6. The van der Waals surface area contributed by atoms with E-state index in [0.29, 0.717) is 18.7 Å². The molecule has 0 unspecified atom stereocenters. The van der Waals surface area contributed by atoms with E-state index < -0.39 is 11.6 Å². The summed E-state index contributed by atoms with van der Waals surface area (Å²) in [4.78, 5) is 1.93. The van der Waals surface area contributed by atoms with Crippen molar-refractivity contribution in [1.82, 2.24) is 5.32 Å². The number of benzene rings is 1. The van der Waals surface area contributed by atoms with E-state index in [-0.39, 0.29) is 11.2 Å². The third kappa shape index (κ3) is 2.91. The summed E-state index contributed by atoms with van der Waals surface area (Å²) >= 11 is 0. The molecule has 1 aliphatic heterocycles. The third-order valence-electron chi connectivity index (χ3n) is 4.99. The van der Waals surface area contributed by atoms with Crippen molar-refractivity contribution in [2.45, 2.75) is 51.0 Å². The predicted molar refractivity (Wildman–Crippen MR) is 81.7 cm³/mol. The minimum atomic E-state index is -0.439. The highest BCUT2D eigenvalue weighted by Crippen LogP contribution is 2.34. The van der Waals surface area contributed by atoms with Gasteiger partial charge in [-0.3, -0.25) is 0 Å². The number of rotatable bonds is 1. The van der Waals surface area contributed by atoms with Crippen LogP contribution in [0.25, 0.3) is 0 Å². The van der Waals surface area contributed by atoms with Crippen molar-refractivity contribution in [2.75, 3.05) is 24.5 Å². The number of hydrogen-bond acceptors (Lipinski definition) is 2. The van der Waals surface area contributed by atoms with Gasteiger partial charge in [-0.05, 0) is 44.4 Å². The molecule has 3 rings (SSSR count). The molecule has 116 valence electrons. The molecule has 1 N–H and O–H groups in total. The highest BCUT2D eigenvalue weighted by atomic mass is 19.1. The van der Waals surface area contributed by atoms with Gasteiger partial charge in [0.15, 0.2) is 5.82 Å². The SMILES string of the molecule is Cc1ccc(F)c(N2CCCNC3(CCCCC3)C2)c1F. The smallest absolute Gasteiger partial charge is 0.152 e. The fraction of sp³-hybridized carbons (Fsp3) is 0.647. The summed E-state index contributed by atoms with van der Waals surface area (Å²) in [5.41, 5.74) is 0.724. The van der Waals surface area contributed by atoms with Crippen molar-refractivity contribution < 1.29 is 8.78 Å². The third-order valence-corrected chi connectivity index (χ3v) is 4.99. The van der Waals surface area contributed by atoms with Gasteiger partial charge in [-0.1, -0.05) is 25.3 Å². The number of aryl methyl sites for hydroxylation is 1. The molecule has 1 aliphatic carbocycles. The van der Waals surface area contributed by atoms with E-state index in [2.05, 4.69) is 5.32 Å². The first-order valence-electron chi connectivity index (χ1n) is 8.06. The summed E-state index contributed by atoms with van der Waals surface area (Å²) in [5.74, 6) is -0.839. The zero-order valence-electron chi connectivity index (χ0n) is 12.7. The Morgan fingerprint density at radius 1 is 1.10 bits per heavy atom. The second-order valence-electron chi connectivity index (χ2n) is 6.57. The van der Waals surface area contributed by atoms with Crippen LogP contribution in [0.5, 0.6) is 0 Å². The first-order valence-corrected chi connectivity index (χ1v) is 8.06. The van der Waals surface area contributed by atoms with Crippen molar-refractivity contribution in [1.29, 1.82) is 0 Å². The lowest BCUT2D eigenvalue weighted by molar-refractivity contribution is 0.246. The normalized spacial score (nSPS) is 22.3. The molecule has 2 fully saturated rings. The fourth-order valence-corrected chi connectivity index (χ4v) is 3.81. The molecule has 1 saturated heterocycles. The maximum absolute atomic E-state index is 14.4. The molecular formula is C17H24F2N2. The average molecular weight is 294 g/mol. The Morgan fingerprint density at radius 3 is 2.62 bits per heavy atom. The summed E-state index contributed by atoms with van der Waals surface area (Å²) in [6.45, 7) is 4.06. The Kier molecular flexibility index (Phi) is 4.16. The maximum Gasteiger partial charge on any atom is 0.152 e. The molecule has 21 heavy (non-hydrogen) atoms. The second-order valence-corrected chi connectivity index (χ2v) is 6.57. The highest BCUT2D eigenvalue weighted by Gasteiger charge is 2.36. The number of nitrogens with one attached hydrogen (secondary N) is 1. The zero-order valence-corrected chi connectivity index (χ0v) is 12.7. The van der Waals surface area contributed by atoms with Gasteiger partial charge in [-0.15, -0.1) is 0 Å². The Labute approximate surface area is 125 Å². The second kappa shape index (κ2) is 5.91. The Morgan fingerprint density at radius 2 is 1.86 bits per heavy atom. The summed E-state index contributed by atoms with van der Waals surface area (Å²) in [5, 5.41) is 3.66. The minimum Gasteiger partial charge on any atom is -0.365 e. The number of anilines is 1. The molecule has 1 spiro atoms. The summed E-state index contributed by atoms with van der Waals surface area (Å²) in [6, 6.07) is 2.90. The first-order chi connectivity index (χ1) is 10.1. The van der Waals surface area contributed by atoms with Crippen LogP contribution in [-0.4, -0.2) is 25.2 Å². The maximum atomic E-state index is 14.4. The Bertz CT molecular complexity index is 510. The molecule has 0 aromatic heterocycles. The lowest BCUT2D eigenvalue weighted by Crippen LogP contribution is -2.53. The van der Waals surface area contributed by atoms with Crippen LogP contribution in [0.4, 0.5) is 14.5 Å². The largest absolute Gasteiger partial charge is 0.365 e. The van der Waals surface area contributed by atoms with Gasteiger partial charge in [0, 0.05) is 18.6 Å². The number of hydrogen-bond donors (Lipinski definition) is 1. The first kappa shape index (κ1) is 14.8. The standard InChI is InChI=1S/C17H24F2N2/c1-13-6-7-14(18)16(15(13)19)21-11-5-10-20-17(12-21)8-3-2-4-9-17/h6-7,20H,2-5,8-12H2,1H3. The lowest BCUT2D eigenvalue weighted by atomic mass is 9.81. The van der Waals surface area contributed by atoms with Gasteiger partial charge in [-0.25, -0.2) is 8.78 Å². The monoisotopic (exact) mass is 294 g/mol. The van der Waals surface area contributed by atoms with Crippen LogP contribution in [0.3, 0.4) is 0 Å². The van der Waals surface area contributed by atoms with Crippen LogP contribution in [0.2, 0.25) is 0 Å². The highest BCUT2D eigenvalue weighted by molar-refractivity contribution is 5.52. The molecule has 0 radical (unpaired) electrons. The van der Waals surface area contributed by atoms with Crippen LogP contribution < -0.4 is 10.2 Å². The molecule has 0 amide bonds. The van der Waals surface area contributed by atoms with Gasteiger partial charge in [0.1, 0.15) is 11.5 Å². The molecular weight excluding hydrogens is 270 g/mol. The van der Waals surface area contributed by atoms with Gasteiger partial charge in [-0.2, -0.15) is 0 Å². The molecule has 2 aliphatic rings. The minimum absolute atomic E-state index is 0.0391. The molecule has 4 heteroatoms. The van der Waals surface area contributed by atoms with Crippen LogP contribution >= 0.6 is 0 Å². The van der Waals surface area contributed by atoms with E-state index in [1.807, 2.05) is 4.90 Å². The summed E-state index contributed by atoms with van der Waals surface area (Å²) in [6.07, 6.45) is 6.83. The lowest BCUT2D eigenvalue weighted by Gasteiger charge is -2.40. The summed E-state index contributed by atoms with van der Waals surface area (Å²) in [7, 11) is 0. The van der Waals surface area contributed by atoms with Gasteiger partial charge < -0.3 is 10.2 Å². The van der Waals surface area contributed by atoms with Crippen molar-refractivity contribution >= 4 is 5.69 Å². The van der Waals surface area contributed by atoms with Gasteiger partial charge in [0.25, 0.3) is 0 Å². The topological polar surface area (TPSA) is 15.3 Å². The fourth-order valence-electron chi connectivity index (χ4n) is 3.81.